The molecule has 0 spiro atoms. The summed E-state index contributed by atoms with van der Waals surface area (Å²) in [5.74, 6) is 0.754. The Morgan fingerprint density at radius 2 is 1.71 bits per heavy atom. The fraction of sp³-hybridized carbons (Fsp3) is 0.429. The van der Waals surface area contributed by atoms with Crippen molar-refractivity contribution in [2.75, 3.05) is 25.6 Å². The van der Waals surface area contributed by atoms with Crippen LogP contribution in [0.5, 0.6) is 5.75 Å². The number of methoxy groups -OCH3 is 1. The van der Waals surface area contributed by atoms with E-state index >= 15 is 0 Å². The normalized spacial score (nSPS) is 11.7. The molecule has 2 rings (SSSR count). The number of anilines is 1. The fourth-order valence-electron chi connectivity index (χ4n) is 3.00. The lowest BCUT2D eigenvalue weighted by molar-refractivity contribution is 0.407. The van der Waals surface area contributed by atoms with Gasteiger partial charge >= 0.3 is 0 Å². The lowest BCUT2D eigenvalue weighted by Crippen LogP contribution is -2.18. The van der Waals surface area contributed by atoms with E-state index in [2.05, 4.69) is 6.92 Å². The van der Waals surface area contributed by atoms with Crippen molar-refractivity contribution in [2.45, 2.75) is 49.3 Å². The third kappa shape index (κ3) is 4.76. The quantitative estimate of drug-likeness (QED) is 0.487. The van der Waals surface area contributed by atoms with Gasteiger partial charge in [-0.25, -0.2) is 8.42 Å². The molecule has 0 N–H and O–H groups in total. The van der Waals surface area contributed by atoms with Crippen molar-refractivity contribution in [1.82, 2.24) is 0 Å². The molecule has 0 bridgehead atoms. The minimum atomic E-state index is -3.88. The zero-order chi connectivity index (χ0) is 21.1. The molecule has 28 heavy (non-hydrogen) atoms. The summed E-state index contributed by atoms with van der Waals surface area (Å²) in [6.45, 7) is 6.92. The Hall–Kier alpha value is -1.43. The van der Waals surface area contributed by atoms with Crippen LogP contribution in [0.2, 0.25) is 10.0 Å². The topological polar surface area (TPSA) is 46.6 Å². The molecule has 0 saturated heterocycles. The molecule has 0 atom stereocenters. The molecule has 0 aliphatic heterocycles. The molecule has 0 amide bonds. The lowest BCUT2D eigenvalue weighted by atomic mass is 10.0. The standard InChI is InChI=1S/C21H27Cl2NO3S/c1-6-7-10-24(4)15-11-18(22)21(19(23)12-15)28(25,26)16-8-9-20(27-5)17(13-16)14(2)3/h8-9,11-14H,6-7,10H2,1-5H3. The summed E-state index contributed by atoms with van der Waals surface area (Å²) in [4.78, 5) is 2.10. The Bertz CT molecular complexity index is 920. The van der Waals surface area contributed by atoms with Crippen LogP contribution in [-0.4, -0.2) is 29.1 Å². The Morgan fingerprint density at radius 1 is 1.11 bits per heavy atom. The molecule has 7 heteroatoms. The van der Waals surface area contributed by atoms with Crippen molar-refractivity contribution in [2.24, 2.45) is 0 Å². The minimum Gasteiger partial charge on any atom is -0.496 e. The van der Waals surface area contributed by atoms with E-state index in [4.69, 9.17) is 27.9 Å². The van der Waals surface area contributed by atoms with Crippen LogP contribution >= 0.6 is 23.2 Å². The van der Waals surface area contributed by atoms with Gasteiger partial charge in [0, 0.05) is 19.3 Å². The molecule has 0 saturated carbocycles. The molecule has 4 nitrogen and oxygen atoms in total. The molecule has 0 aliphatic rings. The van der Waals surface area contributed by atoms with E-state index < -0.39 is 9.84 Å². The Kier molecular flexibility index (Phi) is 7.66. The van der Waals surface area contributed by atoms with Crippen molar-refractivity contribution in [3.8, 4) is 5.75 Å². The molecule has 0 fully saturated rings. The Balaban J connectivity index is 2.53. The van der Waals surface area contributed by atoms with Gasteiger partial charge in [0.2, 0.25) is 9.84 Å². The zero-order valence-electron chi connectivity index (χ0n) is 16.9. The maximum absolute atomic E-state index is 13.3. The van der Waals surface area contributed by atoms with Gasteiger partial charge in [-0.05, 0) is 48.2 Å². The second kappa shape index (κ2) is 9.38. The highest BCUT2D eigenvalue weighted by atomic mass is 35.5. The Morgan fingerprint density at radius 3 is 2.21 bits per heavy atom. The molecule has 154 valence electrons. The summed E-state index contributed by atoms with van der Waals surface area (Å²) in [5.41, 5.74) is 1.60. The second-order valence-electron chi connectivity index (χ2n) is 7.08. The average molecular weight is 444 g/mol. The van der Waals surface area contributed by atoms with Crippen molar-refractivity contribution in [1.29, 1.82) is 0 Å². The number of unbranched alkanes of at least 4 members (excludes halogenated alkanes) is 1. The number of ether oxygens (including phenoxy) is 1. The first-order valence-electron chi connectivity index (χ1n) is 9.26. The van der Waals surface area contributed by atoms with Gasteiger partial charge in [0.15, 0.2) is 0 Å². The Labute approximate surface area is 178 Å². The van der Waals surface area contributed by atoms with E-state index in [-0.39, 0.29) is 25.8 Å². The van der Waals surface area contributed by atoms with E-state index in [0.29, 0.717) is 5.75 Å². The molecule has 0 unspecified atom stereocenters. The predicted octanol–water partition coefficient (Wildman–Crippen LogP) is 6.19. The van der Waals surface area contributed by atoms with Gasteiger partial charge in [-0.2, -0.15) is 0 Å². The number of rotatable bonds is 8. The van der Waals surface area contributed by atoms with E-state index in [1.54, 1.807) is 31.4 Å². The number of halogens is 2. The van der Waals surface area contributed by atoms with Gasteiger partial charge < -0.3 is 9.64 Å². The van der Waals surface area contributed by atoms with Crippen LogP contribution in [0, 0.1) is 0 Å². The third-order valence-corrected chi connectivity index (χ3v) is 7.35. The lowest BCUT2D eigenvalue weighted by Gasteiger charge is -2.21. The molecule has 0 aromatic heterocycles. The molecular weight excluding hydrogens is 417 g/mol. The van der Waals surface area contributed by atoms with Gasteiger partial charge in [0.1, 0.15) is 10.6 Å². The summed E-state index contributed by atoms with van der Waals surface area (Å²) in [6.07, 6.45) is 2.09. The predicted molar refractivity (Wildman–Crippen MR) is 117 cm³/mol. The van der Waals surface area contributed by atoms with E-state index in [1.165, 1.54) is 6.07 Å². The maximum atomic E-state index is 13.3. The number of hydrogen-bond acceptors (Lipinski definition) is 4. The van der Waals surface area contributed by atoms with Crippen LogP contribution in [0.4, 0.5) is 5.69 Å². The van der Waals surface area contributed by atoms with Crippen molar-refractivity contribution >= 4 is 38.7 Å². The van der Waals surface area contributed by atoms with Crippen LogP contribution in [0.15, 0.2) is 40.1 Å². The van der Waals surface area contributed by atoms with Crippen molar-refractivity contribution in [3.63, 3.8) is 0 Å². The summed E-state index contributed by atoms with van der Waals surface area (Å²) in [5, 5.41) is 0.237. The largest absolute Gasteiger partial charge is 0.496 e. The highest BCUT2D eigenvalue weighted by Crippen LogP contribution is 2.39. The van der Waals surface area contributed by atoms with Crippen LogP contribution in [0.1, 0.15) is 45.1 Å². The van der Waals surface area contributed by atoms with Crippen LogP contribution in [0.25, 0.3) is 0 Å². The maximum Gasteiger partial charge on any atom is 0.209 e. The summed E-state index contributed by atoms with van der Waals surface area (Å²) in [7, 11) is -0.378. The van der Waals surface area contributed by atoms with Crippen LogP contribution < -0.4 is 9.64 Å². The van der Waals surface area contributed by atoms with E-state index in [9.17, 15) is 8.42 Å². The molecule has 0 radical (unpaired) electrons. The first-order chi connectivity index (χ1) is 13.1. The van der Waals surface area contributed by atoms with Gasteiger partial charge in [-0.3, -0.25) is 0 Å². The van der Waals surface area contributed by atoms with Crippen molar-refractivity contribution in [3.05, 3.63) is 45.9 Å². The number of sulfone groups is 1. The number of hydrogen-bond donors (Lipinski definition) is 0. The molecule has 2 aromatic rings. The molecule has 0 heterocycles. The highest BCUT2D eigenvalue weighted by molar-refractivity contribution is 7.91. The molecule has 0 aliphatic carbocycles. The first-order valence-corrected chi connectivity index (χ1v) is 11.5. The second-order valence-corrected chi connectivity index (χ2v) is 9.78. The number of benzene rings is 2. The van der Waals surface area contributed by atoms with Crippen molar-refractivity contribution < 1.29 is 13.2 Å². The number of nitrogens with zero attached hydrogens (tertiary/aromatic N) is 1. The fourth-order valence-corrected chi connectivity index (χ4v) is 5.48. The van der Waals surface area contributed by atoms with Gasteiger partial charge in [0.05, 0.1) is 22.1 Å². The van der Waals surface area contributed by atoms with Crippen LogP contribution in [0.3, 0.4) is 0 Å². The molecule has 2 aromatic carbocycles. The van der Waals surface area contributed by atoms with Gasteiger partial charge in [0.25, 0.3) is 0 Å². The smallest absolute Gasteiger partial charge is 0.209 e. The summed E-state index contributed by atoms with van der Waals surface area (Å²) >= 11 is 12.8. The molecular formula is C21H27Cl2NO3S. The first kappa shape index (κ1) is 22.9. The van der Waals surface area contributed by atoms with Gasteiger partial charge in [-0.1, -0.05) is 50.4 Å². The third-order valence-electron chi connectivity index (χ3n) is 4.67. The summed E-state index contributed by atoms with van der Waals surface area (Å²) in [6, 6.07) is 8.13. The summed E-state index contributed by atoms with van der Waals surface area (Å²) < 4.78 is 31.9. The minimum absolute atomic E-state index is 0.0663. The SMILES string of the molecule is CCCCN(C)c1cc(Cl)c(S(=O)(=O)c2ccc(OC)c(C(C)C)c2)c(Cl)c1. The monoisotopic (exact) mass is 443 g/mol. The van der Waals surface area contributed by atoms with Gasteiger partial charge in [-0.15, -0.1) is 0 Å². The van der Waals surface area contributed by atoms with Crippen LogP contribution in [-0.2, 0) is 9.84 Å². The van der Waals surface area contributed by atoms with E-state index in [0.717, 1.165) is 30.6 Å². The zero-order valence-corrected chi connectivity index (χ0v) is 19.2. The van der Waals surface area contributed by atoms with E-state index in [1.807, 2.05) is 25.8 Å². The average Bonchev–Trinajstić information content (AvgIpc) is 2.64. The highest BCUT2D eigenvalue weighted by Gasteiger charge is 2.26.